The fourth-order valence-corrected chi connectivity index (χ4v) is 8.52. The fourth-order valence-electron chi connectivity index (χ4n) is 8.52. The lowest BCUT2D eigenvalue weighted by Gasteiger charge is -2.29. The van der Waals surface area contributed by atoms with Crippen LogP contribution >= 0.6 is 0 Å². The van der Waals surface area contributed by atoms with Crippen LogP contribution in [-0.2, 0) is 5.41 Å². The summed E-state index contributed by atoms with van der Waals surface area (Å²) in [6.07, 6.45) is 1.75. The van der Waals surface area contributed by atoms with Gasteiger partial charge in [-0.05, 0) is 216 Å². The molecular formula is C56H64O6. The third-order valence-electron chi connectivity index (χ3n) is 11.6. The number of aryl methyl sites for hydroxylation is 12. The Bertz CT molecular complexity index is 2520. The van der Waals surface area contributed by atoms with Crippen LogP contribution in [0.5, 0.6) is 57.5 Å². The second-order valence-corrected chi connectivity index (χ2v) is 17.5. The predicted molar refractivity (Wildman–Crippen MR) is 255 cm³/mol. The van der Waals surface area contributed by atoms with Gasteiger partial charge in [-0.1, -0.05) is 50.8 Å². The molecule has 6 rings (SSSR count). The van der Waals surface area contributed by atoms with E-state index in [9.17, 15) is 0 Å². The molecule has 0 aliphatic rings. The van der Waals surface area contributed by atoms with Crippen molar-refractivity contribution in [1.29, 1.82) is 0 Å². The summed E-state index contributed by atoms with van der Waals surface area (Å²) in [5.74, 6) is 8.29. The first-order valence-corrected chi connectivity index (χ1v) is 21.6. The smallest absolute Gasteiger partial charge is 0.133 e. The van der Waals surface area contributed by atoms with Crippen molar-refractivity contribution in [3.63, 3.8) is 0 Å². The molecule has 0 N–H and O–H groups in total. The molecule has 6 nitrogen and oxygen atoms in total. The highest BCUT2D eigenvalue weighted by Crippen LogP contribution is 2.43. The van der Waals surface area contributed by atoms with E-state index in [0.717, 1.165) is 124 Å². The van der Waals surface area contributed by atoms with Gasteiger partial charge in [-0.3, -0.25) is 0 Å². The van der Waals surface area contributed by atoms with Crippen molar-refractivity contribution in [3.05, 3.63) is 163 Å². The van der Waals surface area contributed by atoms with Crippen molar-refractivity contribution in [3.8, 4) is 57.5 Å². The van der Waals surface area contributed by atoms with Crippen molar-refractivity contribution in [2.24, 2.45) is 0 Å². The van der Waals surface area contributed by atoms with Gasteiger partial charge in [-0.2, -0.15) is 0 Å². The van der Waals surface area contributed by atoms with Gasteiger partial charge in [0.1, 0.15) is 64.1 Å². The average molecular weight is 833 g/mol. The third kappa shape index (κ3) is 9.65. The lowest BCUT2D eigenvalue weighted by atomic mass is 9.76. The topological polar surface area (TPSA) is 55.4 Å². The summed E-state index contributed by atoms with van der Waals surface area (Å²) in [6.45, 7) is 36.3. The number of rotatable bonds is 15. The van der Waals surface area contributed by atoms with Gasteiger partial charge in [0.25, 0.3) is 0 Å². The molecule has 6 aromatic rings. The predicted octanol–water partition coefficient (Wildman–Crippen LogP) is 15.8. The van der Waals surface area contributed by atoms with E-state index in [1.54, 1.807) is 6.08 Å². The molecule has 0 spiro atoms. The number of hydrogen-bond donors (Lipinski definition) is 0. The molecule has 0 radical (unpaired) electrons. The lowest BCUT2D eigenvalue weighted by Crippen LogP contribution is -2.20. The van der Waals surface area contributed by atoms with E-state index < -0.39 is 0 Å². The molecule has 324 valence electrons. The molecule has 0 saturated heterocycles. The van der Waals surface area contributed by atoms with Crippen molar-refractivity contribution in [2.45, 2.75) is 109 Å². The van der Waals surface area contributed by atoms with Gasteiger partial charge in [0.05, 0.1) is 6.61 Å². The second-order valence-electron chi connectivity index (χ2n) is 17.5. The summed E-state index contributed by atoms with van der Waals surface area (Å²) >= 11 is 0. The molecule has 0 bridgehead atoms. The van der Waals surface area contributed by atoms with Crippen LogP contribution in [0.4, 0.5) is 0 Å². The van der Waals surface area contributed by atoms with Gasteiger partial charge in [-0.25, -0.2) is 0 Å². The van der Waals surface area contributed by atoms with Crippen molar-refractivity contribution < 1.29 is 28.4 Å². The van der Waals surface area contributed by atoms with Crippen LogP contribution in [0.15, 0.2) is 85.5 Å². The largest absolute Gasteiger partial charge is 0.493 e. The summed E-state index contributed by atoms with van der Waals surface area (Å²) in [5.41, 5.74) is 14.6. The molecule has 0 fully saturated rings. The van der Waals surface area contributed by atoms with Gasteiger partial charge in [-0.15, -0.1) is 0 Å². The van der Waals surface area contributed by atoms with Crippen LogP contribution < -0.4 is 28.4 Å². The quantitative estimate of drug-likeness (QED) is 0.0961. The number of benzene rings is 6. The van der Waals surface area contributed by atoms with Gasteiger partial charge in [0.15, 0.2) is 0 Å². The van der Waals surface area contributed by atoms with Crippen LogP contribution in [0.3, 0.4) is 0 Å². The van der Waals surface area contributed by atoms with E-state index >= 15 is 0 Å². The van der Waals surface area contributed by atoms with Crippen molar-refractivity contribution in [2.75, 3.05) is 13.2 Å². The highest BCUT2D eigenvalue weighted by atomic mass is 16.5. The SMILES string of the molecule is C=CCOc1c(C)cc(Oc2c(C)cc(Oc3c(C)cc(C(C)(C)c4cc(C)c(Oc5cc(C)c(Oc6cc(C)c(OCC)c(C)c6)c(C)c5)c(C)c4)cc3C)cc2C)cc1C. The summed E-state index contributed by atoms with van der Waals surface area (Å²) in [6, 6.07) is 25.3. The molecule has 0 unspecified atom stereocenters. The van der Waals surface area contributed by atoms with E-state index in [-0.39, 0.29) is 5.41 Å². The van der Waals surface area contributed by atoms with E-state index in [1.165, 1.54) is 11.1 Å². The second kappa shape index (κ2) is 18.5. The van der Waals surface area contributed by atoms with Crippen molar-refractivity contribution >= 4 is 0 Å². The Balaban J connectivity index is 1.18. The molecule has 0 aromatic heterocycles. The van der Waals surface area contributed by atoms with Crippen LogP contribution in [0, 0.1) is 83.1 Å². The van der Waals surface area contributed by atoms with Gasteiger partial charge in [0.2, 0.25) is 0 Å². The number of hydrogen-bond acceptors (Lipinski definition) is 6. The van der Waals surface area contributed by atoms with Crippen LogP contribution in [-0.4, -0.2) is 13.2 Å². The number of ether oxygens (including phenoxy) is 6. The summed E-state index contributed by atoms with van der Waals surface area (Å²) in [7, 11) is 0. The third-order valence-corrected chi connectivity index (χ3v) is 11.6. The molecule has 0 aliphatic heterocycles. The fraction of sp³-hybridized carbons (Fsp3) is 0.321. The van der Waals surface area contributed by atoms with Gasteiger partial charge >= 0.3 is 0 Å². The van der Waals surface area contributed by atoms with Crippen LogP contribution in [0.25, 0.3) is 0 Å². The molecule has 0 atom stereocenters. The monoisotopic (exact) mass is 832 g/mol. The van der Waals surface area contributed by atoms with Crippen molar-refractivity contribution in [1.82, 2.24) is 0 Å². The Morgan fingerprint density at radius 2 is 0.597 bits per heavy atom. The Labute approximate surface area is 370 Å². The van der Waals surface area contributed by atoms with Gasteiger partial charge < -0.3 is 28.4 Å². The minimum atomic E-state index is -0.287. The Morgan fingerprint density at radius 1 is 0.371 bits per heavy atom. The minimum Gasteiger partial charge on any atom is -0.493 e. The molecule has 0 amide bonds. The maximum Gasteiger partial charge on any atom is 0.133 e. The maximum absolute atomic E-state index is 6.65. The van der Waals surface area contributed by atoms with Gasteiger partial charge in [0, 0.05) is 5.41 Å². The van der Waals surface area contributed by atoms with E-state index in [1.807, 2.05) is 57.2 Å². The van der Waals surface area contributed by atoms with Crippen LogP contribution in [0.2, 0.25) is 0 Å². The summed E-state index contributed by atoms with van der Waals surface area (Å²) in [5, 5.41) is 0. The summed E-state index contributed by atoms with van der Waals surface area (Å²) < 4.78 is 37.9. The highest BCUT2D eigenvalue weighted by molar-refractivity contribution is 5.57. The Kier molecular flexibility index (Phi) is 13.5. The zero-order valence-corrected chi connectivity index (χ0v) is 39.6. The lowest BCUT2D eigenvalue weighted by molar-refractivity contribution is 0.334. The Morgan fingerprint density at radius 3 is 0.839 bits per heavy atom. The molecule has 0 aliphatic carbocycles. The van der Waals surface area contributed by atoms with E-state index in [4.69, 9.17) is 28.4 Å². The first kappa shape index (κ1) is 45.4. The zero-order chi connectivity index (χ0) is 45.2. The Hall–Kier alpha value is -6.14. The minimum absolute atomic E-state index is 0.287. The average Bonchev–Trinajstić information content (AvgIpc) is 3.18. The first-order chi connectivity index (χ1) is 29.3. The molecule has 0 saturated carbocycles. The summed E-state index contributed by atoms with van der Waals surface area (Å²) in [4.78, 5) is 0. The van der Waals surface area contributed by atoms with E-state index in [2.05, 4.69) is 126 Å². The molecular weight excluding hydrogens is 769 g/mol. The molecule has 6 heteroatoms. The first-order valence-electron chi connectivity index (χ1n) is 21.6. The molecule has 6 aromatic carbocycles. The molecule has 62 heavy (non-hydrogen) atoms. The highest BCUT2D eigenvalue weighted by Gasteiger charge is 2.27. The van der Waals surface area contributed by atoms with E-state index in [0.29, 0.717) is 13.2 Å². The maximum atomic E-state index is 6.65. The zero-order valence-electron chi connectivity index (χ0n) is 39.6. The van der Waals surface area contributed by atoms with Crippen LogP contribution in [0.1, 0.15) is 98.7 Å². The normalized spacial score (nSPS) is 11.3. The molecule has 0 heterocycles. The standard InChI is InChI=1S/C56H64O6/c1-17-19-58-51-38(9)26-47(27-39(51)10)62-55-42(13)30-49(31-43(55)14)60-53-34(5)22-45(23-35(53)6)56(15,16)44-20-32(3)52(33(4)21-44)59-48-28-40(11)54(41(12)29-48)61-46-24-36(7)50(57-18-2)37(8)25-46/h17,20-31H,1,18-19H2,2-16H3.